The SMILES string of the molecule is CN(CCN1C(=O)CS[C@H]1c1ccc(C(C)(C)C)cc1)C(=O)c1cccc(F)c1. The summed E-state index contributed by atoms with van der Waals surface area (Å²) in [6.07, 6.45) is 0. The number of carbonyl (C=O) groups is 2. The molecular weight excluding hydrogens is 387 g/mol. The zero-order valence-corrected chi connectivity index (χ0v) is 18.1. The van der Waals surface area contributed by atoms with E-state index in [0.717, 1.165) is 5.56 Å². The fraction of sp³-hybridized carbons (Fsp3) is 0.391. The van der Waals surface area contributed by atoms with Crippen LogP contribution in [0.1, 0.15) is 47.6 Å². The van der Waals surface area contributed by atoms with Gasteiger partial charge in [-0.25, -0.2) is 4.39 Å². The summed E-state index contributed by atoms with van der Waals surface area (Å²) in [6.45, 7) is 7.35. The summed E-state index contributed by atoms with van der Waals surface area (Å²) < 4.78 is 13.4. The summed E-state index contributed by atoms with van der Waals surface area (Å²) in [4.78, 5) is 28.3. The summed E-state index contributed by atoms with van der Waals surface area (Å²) >= 11 is 1.61. The topological polar surface area (TPSA) is 40.6 Å². The lowest BCUT2D eigenvalue weighted by Gasteiger charge is -2.27. The normalized spacial score (nSPS) is 16.9. The Morgan fingerprint density at radius 3 is 2.52 bits per heavy atom. The van der Waals surface area contributed by atoms with E-state index in [0.29, 0.717) is 24.4 Å². The zero-order chi connectivity index (χ0) is 21.2. The fourth-order valence-corrected chi connectivity index (χ4v) is 4.54. The van der Waals surface area contributed by atoms with Gasteiger partial charge in [-0.05, 0) is 34.7 Å². The van der Waals surface area contributed by atoms with Gasteiger partial charge in [0, 0.05) is 25.7 Å². The molecule has 1 atom stereocenters. The molecule has 6 heteroatoms. The largest absolute Gasteiger partial charge is 0.340 e. The fourth-order valence-electron chi connectivity index (χ4n) is 3.32. The lowest BCUT2D eigenvalue weighted by molar-refractivity contribution is -0.128. The zero-order valence-electron chi connectivity index (χ0n) is 17.3. The maximum absolute atomic E-state index is 13.4. The van der Waals surface area contributed by atoms with E-state index in [1.165, 1.54) is 28.7 Å². The van der Waals surface area contributed by atoms with E-state index < -0.39 is 5.82 Å². The molecule has 2 aromatic rings. The Labute approximate surface area is 176 Å². The van der Waals surface area contributed by atoms with E-state index in [4.69, 9.17) is 0 Å². The predicted octanol–water partition coefficient (Wildman–Crippen LogP) is 4.47. The van der Waals surface area contributed by atoms with Crippen molar-refractivity contribution in [1.29, 1.82) is 0 Å². The number of likely N-dealkylation sites (N-methyl/N-ethyl adjacent to an activating group) is 1. The highest BCUT2D eigenvalue weighted by Gasteiger charge is 2.33. The number of thioether (sulfide) groups is 1. The van der Waals surface area contributed by atoms with Crippen molar-refractivity contribution in [2.24, 2.45) is 0 Å². The lowest BCUT2D eigenvalue weighted by atomic mass is 9.87. The van der Waals surface area contributed by atoms with Crippen LogP contribution in [0.15, 0.2) is 48.5 Å². The average Bonchev–Trinajstić information content (AvgIpc) is 3.05. The monoisotopic (exact) mass is 414 g/mol. The van der Waals surface area contributed by atoms with Crippen molar-refractivity contribution in [3.8, 4) is 0 Å². The number of hydrogen-bond acceptors (Lipinski definition) is 3. The Bertz CT molecular complexity index is 892. The molecule has 154 valence electrons. The minimum Gasteiger partial charge on any atom is -0.340 e. The predicted molar refractivity (Wildman–Crippen MR) is 115 cm³/mol. The van der Waals surface area contributed by atoms with Crippen molar-refractivity contribution in [3.05, 3.63) is 71.0 Å². The molecule has 4 nitrogen and oxygen atoms in total. The third kappa shape index (κ3) is 4.99. The van der Waals surface area contributed by atoms with Gasteiger partial charge >= 0.3 is 0 Å². The minimum absolute atomic E-state index is 0.0470. The lowest BCUT2D eigenvalue weighted by Crippen LogP contribution is -2.38. The number of halogens is 1. The second-order valence-corrected chi connectivity index (χ2v) is 9.43. The van der Waals surface area contributed by atoms with Gasteiger partial charge < -0.3 is 9.80 Å². The Morgan fingerprint density at radius 1 is 1.21 bits per heavy atom. The van der Waals surface area contributed by atoms with E-state index in [9.17, 15) is 14.0 Å². The second kappa shape index (κ2) is 8.57. The molecule has 0 bridgehead atoms. The highest BCUT2D eigenvalue weighted by atomic mass is 32.2. The van der Waals surface area contributed by atoms with Gasteiger partial charge in [-0.1, -0.05) is 51.1 Å². The van der Waals surface area contributed by atoms with Crippen LogP contribution in [-0.2, 0) is 10.2 Å². The molecule has 1 heterocycles. The number of benzene rings is 2. The Hall–Kier alpha value is -2.34. The van der Waals surface area contributed by atoms with Crippen molar-refractivity contribution in [1.82, 2.24) is 9.80 Å². The van der Waals surface area contributed by atoms with Crippen molar-refractivity contribution >= 4 is 23.6 Å². The highest BCUT2D eigenvalue weighted by Crippen LogP contribution is 2.39. The average molecular weight is 415 g/mol. The van der Waals surface area contributed by atoms with Crippen LogP contribution in [0, 0.1) is 5.82 Å². The molecule has 1 saturated heterocycles. The van der Waals surface area contributed by atoms with Crippen LogP contribution < -0.4 is 0 Å². The van der Waals surface area contributed by atoms with Gasteiger partial charge in [-0.15, -0.1) is 11.8 Å². The molecule has 0 N–H and O–H groups in total. The molecule has 2 amide bonds. The molecule has 0 saturated carbocycles. The quantitative estimate of drug-likeness (QED) is 0.725. The van der Waals surface area contributed by atoms with Gasteiger partial charge in [-0.2, -0.15) is 0 Å². The summed E-state index contributed by atoms with van der Waals surface area (Å²) in [6, 6.07) is 14.1. The second-order valence-electron chi connectivity index (χ2n) is 8.36. The van der Waals surface area contributed by atoms with Gasteiger partial charge in [0.1, 0.15) is 11.2 Å². The molecule has 1 fully saturated rings. The molecule has 0 unspecified atom stereocenters. The molecule has 0 aromatic heterocycles. The molecule has 29 heavy (non-hydrogen) atoms. The number of nitrogens with zero attached hydrogens (tertiary/aromatic N) is 2. The Kier molecular flexibility index (Phi) is 6.32. The maximum atomic E-state index is 13.4. The summed E-state index contributed by atoms with van der Waals surface area (Å²) in [7, 11) is 1.67. The third-order valence-electron chi connectivity index (χ3n) is 5.12. The first-order valence-electron chi connectivity index (χ1n) is 9.69. The van der Waals surface area contributed by atoms with Crippen LogP contribution in [-0.4, -0.2) is 47.5 Å². The van der Waals surface area contributed by atoms with Crippen LogP contribution in [0.25, 0.3) is 0 Å². The first-order valence-corrected chi connectivity index (χ1v) is 10.7. The smallest absolute Gasteiger partial charge is 0.253 e. The summed E-state index contributed by atoms with van der Waals surface area (Å²) in [5, 5.41) is -0.0470. The van der Waals surface area contributed by atoms with Gasteiger partial charge in [0.15, 0.2) is 0 Å². The summed E-state index contributed by atoms with van der Waals surface area (Å²) in [5.74, 6) is -0.178. The van der Waals surface area contributed by atoms with Crippen molar-refractivity contribution < 1.29 is 14.0 Å². The molecule has 1 aliphatic rings. The van der Waals surface area contributed by atoms with E-state index in [2.05, 4.69) is 45.0 Å². The van der Waals surface area contributed by atoms with Crippen molar-refractivity contribution in [2.45, 2.75) is 31.6 Å². The number of amides is 2. The van der Waals surface area contributed by atoms with Gasteiger partial charge in [0.2, 0.25) is 5.91 Å². The van der Waals surface area contributed by atoms with E-state index in [1.807, 2.05) is 4.90 Å². The molecule has 0 spiro atoms. The highest BCUT2D eigenvalue weighted by molar-refractivity contribution is 8.00. The summed E-state index contributed by atoms with van der Waals surface area (Å²) in [5.41, 5.74) is 2.73. The molecule has 1 aliphatic heterocycles. The van der Waals surface area contributed by atoms with Crippen LogP contribution in [0.3, 0.4) is 0 Å². The van der Waals surface area contributed by atoms with Gasteiger partial charge in [0.25, 0.3) is 5.91 Å². The first-order chi connectivity index (χ1) is 13.7. The number of rotatable bonds is 5. The third-order valence-corrected chi connectivity index (χ3v) is 6.38. The number of carbonyl (C=O) groups excluding carboxylic acids is 2. The number of hydrogen-bond donors (Lipinski definition) is 0. The molecule has 0 radical (unpaired) electrons. The Balaban J connectivity index is 1.67. The van der Waals surface area contributed by atoms with Gasteiger partial charge in [-0.3, -0.25) is 9.59 Å². The van der Waals surface area contributed by atoms with E-state index in [-0.39, 0.29) is 22.6 Å². The molecular formula is C23H27FN2O2S. The minimum atomic E-state index is -0.436. The molecule has 0 aliphatic carbocycles. The van der Waals surface area contributed by atoms with Crippen LogP contribution in [0.4, 0.5) is 4.39 Å². The van der Waals surface area contributed by atoms with E-state index in [1.54, 1.807) is 24.9 Å². The van der Waals surface area contributed by atoms with E-state index >= 15 is 0 Å². The standard InChI is InChI=1S/C23H27FN2O2S/c1-23(2,3)18-10-8-16(9-11-18)22-26(20(27)15-29-22)13-12-25(4)21(28)17-6-5-7-19(24)14-17/h5-11,14,22H,12-13,15H2,1-4H3/t22-/m0/s1. The molecule has 3 rings (SSSR count). The molecule has 2 aromatic carbocycles. The van der Waals surface area contributed by atoms with Crippen LogP contribution in [0.5, 0.6) is 0 Å². The van der Waals surface area contributed by atoms with Gasteiger partial charge in [0.05, 0.1) is 5.75 Å². The first kappa shape index (κ1) is 21.4. The Morgan fingerprint density at radius 2 is 1.90 bits per heavy atom. The maximum Gasteiger partial charge on any atom is 0.253 e. The van der Waals surface area contributed by atoms with Crippen molar-refractivity contribution in [3.63, 3.8) is 0 Å². The van der Waals surface area contributed by atoms with Crippen LogP contribution in [0.2, 0.25) is 0 Å². The van der Waals surface area contributed by atoms with Crippen LogP contribution >= 0.6 is 11.8 Å². The van der Waals surface area contributed by atoms with Crippen molar-refractivity contribution in [2.75, 3.05) is 25.9 Å².